The van der Waals surface area contributed by atoms with Crippen LogP contribution in [-0.2, 0) is 28.5 Å². The highest BCUT2D eigenvalue weighted by Crippen LogP contribution is 2.79. The predicted molar refractivity (Wildman–Crippen MR) is 189 cm³/mol. The van der Waals surface area contributed by atoms with Gasteiger partial charge in [-0.15, -0.1) is 0 Å². The Morgan fingerprint density at radius 1 is 0.569 bits per heavy atom. The molecule has 1 saturated carbocycles. The van der Waals surface area contributed by atoms with Gasteiger partial charge in [0.1, 0.15) is 22.0 Å². The van der Waals surface area contributed by atoms with Crippen LogP contribution in [0.4, 0.5) is 21.0 Å². The fraction of sp³-hybridized carbons (Fsp3) is 0.385. The molecule has 0 bridgehead atoms. The van der Waals surface area contributed by atoms with Crippen LogP contribution in [0.3, 0.4) is 0 Å². The van der Waals surface area contributed by atoms with Gasteiger partial charge in [0.15, 0.2) is 11.6 Å². The van der Waals surface area contributed by atoms with Crippen LogP contribution in [0.15, 0.2) is 78.9 Å². The van der Waals surface area contributed by atoms with Gasteiger partial charge in [-0.05, 0) is 95.6 Å². The summed E-state index contributed by atoms with van der Waals surface area (Å²) in [5.41, 5.74) is -3.35. The van der Waals surface area contributed by atoms with Crippen LogP contribution in [0.2, 0.25) is 0 Å². The van der Waals surface area contributed by atoms with E-state index in [2.05, 4.69) is 10.6 Å². The fourth-order valence-corrected chi connectivity index (χ4v) is 6.48. The number of ether oxygens (including phenoxy) is 4. The smallest absolute Gasteiger partial charge is 0.412 e. The molecule has 1 aliphatic rings. The molecule has 0 aliphatic heterocycles. The first-order chi connectivity index (χ1) is 23.9. The number of hydrogen-bond donors (Lipinski definition) is 2. The first-order valence-electron chi connectivity index (χ1n) is 16.3. The van der Waals surface area contributed by atoms with Gasteiger partial charge in [-0.25, -0.2) is 9.59 Å². The van der Waals surface area contributed by atoms with Crippen LogP contribution in [0.1, 0.15) is 86.6 Å². The molecule has 51 heavy (non-hydrogen) atoms. The van der Waals surface area contributed by atoms with Crippen molar-refractivity contribution >= 4 is 47.1 Å². The van der Waals surface area contributed by atoms with Crippen molar-refractivity contribution in [2.24, 2.45) is 10.8 Å². The maximum atomic E-state index is 14.0. The topological polar surface area (TPSA) is 163 Å². The third-order valence-corrected chi connectivity index (χ3v) is 8.51. The number of methoxy groups -OCH3 is 2. The molecule has 270 valence electrons. The van der Waals surface area contributed by atoms with E-state index in [0.29, 0.717) is 16.9 Å². The second-order valence-electron chi connectivity index (χ2n) is 14.4. The van der Waals surface area contributed by atoms with Gasteiger partial charge < -0.3 is 18.9 Å². The summed E-state index contributed by atoms with van der Waals surface area (Å²) in [6.45, 7) is 10.4. The number of carbonyl (C=O) groups is 6. The van der Waals surface area contributed by atoms with Crippen LogP contribution < -0.4 is 10.6 Å². The lowest BCUT2D eigenvalue weighted by Crippen LogP contribution is -2.35. The maximum Gasteiger partial charge on any atom is 0.412 e. The zero-order valence-electron chi connectivity index (χ0n) is 30.1. The Balaban J connectivity index is 1.69. The van der Waals surface area contributed by atoms with Crippen molar-refractivity contribution in [2.75, 3.05) is 24.9 Å². The summed E-state index contributed by atoms with van der Waals surface area (Å²) in [5.74, 6) is -3.65. The highest BCUT2D eigenvalue weighted by molar-refractivity contribution is 6.09. The molecule has 3 aromatic carbocycles. The number of ketones is 2. The molecule has 0 radical (unpaired) electrons. The monoisotopic (exact) mass is 700 g/mol. The summed E-state index contributed by atoms with van der Waals surface area (Å²) in [7, 11) is 2.32. The number of esters is 2. The second-order valence-corrected chi connectivity index (χ2v) is 14.4. The molecule has 12 heteroatoms. The number of nitrogens with one attached hydrogen (secondary N) is 2. The Morgan fingerprint density at radius 3 is 1.24 bits per heavy atom. The maximum absolute atomic E-state index is 14.0. The second kappa shape index (κ2) is 14.8. The molecule has 2 N–H and O–H groups in total. The van der Waals surface area contributed by atoms with Gasteiger partial charge in [-0.2, -0.15) is 0 Å². The number of carbonyl (C=O) groups excluding carboxylic acids is 6. The van der Waals surface area contributed by atoms with E-state index >= 15 is 0 Å². The fourth-order valence-electron chi connectivity index (χ4n) is 6.48. The molecule has 2 amide bonds. The molecule has 2 atom stereocenters. The van der Waals surface area contributed by atoms with Crippen LogP contribution in [0.5, 0.6) is 0 Å². The summed E-state index contributed by atoms with van der Waals surface area (Å²) in [5, 5.41) is 5.21. The molecule has 4 rings (SSSR count). The third kappa shape index (κ3) is 8.45. The zero-order chi connectivity index (χ0) is 37.8. The molecule has 0 spiro atoms. The molecule has 1 aliphatic carbocycles. The first-order valence-corrected chi connectivity index (χ1v) is 16.3. The van der Waals surface area contributed by atoms with Gasteiger partial charge in [-0.3, -0.25) is 29.8 Å². The summed E-state index contributed by atoms with van der Waals surface area (Å²) in [6, 6.07) is 20.7. The summed E-state index contributed by atoms with van der Waals surface area (Å²) in [6.07, 6.45) is -2.31. The van der Waals surface area contributed by atoms with Crippen LogP contribution in [0.25, 0.3) is 0 Å². The zero-order valence-corrected chi connectivity index (χ0v) is 30.1. The van der Waals surface area contributed by atoms with E-state index in [1.807, 2.05) is 0 Å². The summed E-state index contributed by atoms with van der Waals surface area (Å²) >= 11 is 0. The van der Waals surface area contributed by atoms with Crippen LogP contribution >= 0.6 is 0 Å². The van der Waals surface area contributed by atoms with E-state index in [1.54, 1.807) is 71.9 Å². The molecular weight excluding hydrogens is 656 g/mol. The number of anilines is 2. The number of hydrogen-bond acceptors (Lipinski definition) is 10. The van der Waals surface area contributed by atoms with Crippen molar-refractivity contribution in [1.29, 1.82) is 0 Å². The molecule has 0 aromatic heterocycles. The Morgan fingerprint density at radius 2 is 0.922 bits per heavy atom. The minimum absolute atomic E-state index is 0.199. The van der Waals surface area contributed by atoms with Gasteiger partial charge in [0.05, 0.1) is 14.2 Å². The van der Waals surface area contributed by atoms with E-state index in [-0.39, 0.29) is 11.1 Å². The average molecular weight is 701 g/mol. The molecular formula is C39H44N2O10. The highest BCUT2D eigenvalue weighted by atomic mass is 16.6. The van der Waals surface area contributed by atoms with Crippen molar-refractivity contribution in [2.45, 2.75) is 71.5 Å². The lowest BCUT2D eigenvalue weighted by Gasteiger charge is -2.22. The Hall–Kier alpha value is -5.52. The predicted octanol–water partition coefficient (Wildman–Crippen LogP) is 7.34. The van der Waals surface area contributed by atoms with Gasteiger partial charge in [0, 0.05) is 41.3 Å². The van der Waals surface area contributed by atoms with Gasteiger partial charge in [0.25, 0.3) is 0 Å². The quantitative estimate of drug-likeness (QED) is 0.118. The summed E-state index contributed by atoms with van der Waals surface area (Å²) in [4.78, 5) is 80.3. The molecule has 1 fully saturated rings. The van der Waals surface area contributed by atoms with Crippen LogP contribution in [0, 0.1) is 10.8 Å². The molecule has 2 unspecified atom stereocenters. The van der Waals surface area contributed by atoms with Gasteiger partial charge >= 0.3 is 24.1 Å². The molecule has 12 nitrogen and oxygen atoms in total. The molecule has 0 heterocycles. The van der Waals surface area contributed by atoms with Crippen molar-refractivity contribution in [1.82, 2.24) is 0 Å². The summed E-state index contributed by atoms with van der Waals surface area (Å²) < 4.78 is 21.1. The number of rotatable bonds is 11. The highest BCUT2D eigenvalue weighted by Gasteiger charge is 2.86. The van der Waals surface area contributed by atoms with Crippen molar-refractivity contribution in [3.63, 3.8) is 0 Å². The van der Waals surface area contributed by atoms with E-state index in [9.17, 15) is 28.8 Å². The molecule has 3 aromatic rings. The molecule has 0 saturated heterocycles. The van der Waals surface area contributed by atoms with Crippen molar-refractivity contribution in [3.8, 4) is 0 Å². The van der Waals surface area contributed by atoms with E-state index in [1.165, 1.54) is 48.5 Å². The standard InChI is InChI=1S/C39H44N2O10/c1-36(2,3)50-34(46)40-27-18-14-24(15-19-27)29(42)22-38(32(44)48-7)31(26-12-10-9-11-13-26)39(38,33(45)49-8)23-30(43)25-16-20-28(21-17-25)41-35(47)51-37(4,5)6/h9-21,31H,22-23H2,1-8H3,(H,40,46)(H,41,47). The number of amides is 2. The number of Topliss-reactive ketones (excluding diaryl/α,β-unsaturated/α-hetero) is 2. The first kappa shape index (κ1) is 38.3. The largest absolute Gasteiger partial charge is 0.469 e. The van der Waals surface area contributed by atoms with Crippen molar-refractivity contribution < 1.29 is 47.7 Å². The van der Waals surface area contributed by atoms with Gasteiger partial charge in [-0.1, -0.05) is 30.3 Å². The van der Waals surface area contributed by atoms with E-state index in [0.717, 1.165) is 14.2 Å². The normalized spacial score (nSPS) is 19.6. The Kier molecular flexibility index (Phi) is 11.1. The lowest BCUT2D eigenvalue weighted by atomic mass is 9.82. The van der Waals surface area contributed by atoms with E-state index in [4.69, 9.17) is 18.9 Å². The van der Waals surface area contributed by atoms with Crippen molar-refractivity contribution in [3.05, 3.63) is 95.6 Å². The third-order valence-electron chi connectivity index (χ3n) is 8.51. The Bertz CT molecular complexity index is 1680. The number of benzene rings is 3. The van der Waals surface area contributed by atoms with Crippen LogP contribution in [-0.4, -0.2) is 61.1 Å². The SMILES string of the molecule is COC(=O)C1(CC(=O)c2ccc(NC(=O)OC(C)(C)C)cc2)C(c2ccccc2)C1(CC(=O)c1ccc(NC(=O)OC(C)(C)C)cc1)C(=O)OC. The average Bonchev–Trinajstić information content (AvgIpc) is 3.64. The van der Waals surface area contributed by atoms with Gasteiger partial charge in [0.2, 0.25) is 0 Å². The Labute approximate surface area is 297 Å². The minimum atomic E-state index is -1.81. The van der Waals surface area contributed by atoms with E-state index < -0.39 is 76.5 Å². The lowest BCUT2D eigenvalue weighted by molar-refractivity contribution is -0.157. The minimum Gasteiger partial charge on any atom is -0.469 e.